The lowest BCUT2D eigenvalue weighted by atomic mass is 10.2. The number of nitrogens with zero attached hydrogens (tertiary/aromatic N) is 2. The molecule has 0 atom stereocenters. The highest BCUT2D eigenvalue weighted by atomic mass is 16.5. The Kier molecular flexibility index (Phi) is 1.73. The Labute approximate surface area is 94.0 Å². The molecule has 1 aliphatic carbocycles. The van der Waals surface area contributed by atoms with E-state index in [-0.39, 0.29) is 5.54 Å². The Morgan fingerprint density at radius 3 is 2.81 bits per heavy atom. The first-order valence-electron chi connectivity index (χ1n) is 5.47. The number of aromatic nitrogens is 2. The van der Waals surface area contributed by atoms with Crippen LogP contribution in [0.5, 0.6) is 5.75 Å². The first kappa shape index (κ1) is 9.51. The molecule has 1 aromatic carbocycles. The van der Waals surface area contributed by atoms with Gasteiger partial charge >= 0.3 is 0 Å². The van der Waals surface area contributed by atoms with E-state index in [4.69, 9.17) is 10.5 Å². The van der Waals surface area contributed by atoms with Crippen molar-refractivity contribution < 1.29 is 4.74 Å². The third kappa shape index (κ3) is 1.13. The Morgan fingerprint density at radius 1 is 1.44 bits per heavy atom. The quantitative estimate of drug-likeness (QED) is 0.838. The molecular weight excluding hydrogens is 202 g/mol. The molecule has 16 heavy (non-hydrogen) atoms. The van der Waals surface area contributed by atoms with Crippen LogP contribution in [-0.2, 0) is 5.54 Å². The second-order valence-corrected chi connectivity index (χ2v) is 4.63. The van der Waals surface area contributed by atoms with Crippen molar-refractivity contribution in [3.63, 3.8) is 0 Å². The summed E-state index contributed by atoms with van der Waals surface area (Å²) in [5, 5.41) is 0. The molecule has 0 radical (unpaired) electrons. The SMILES string of the molecule is COc1cccc2c1nc(N)n2C1(C)CC1. The number of methoxy groups -OCH3 is 1. The largest absolute Gasteiger partial charge is 0.494 e. The number of rotatable bonds is 2. The van der Waals surface area contributed by atoms with Crippen molar-refractivity contribution in [2.24, 2.45) is 0 Å². The van der Waals surface area contributed by atoms with Crippen molar-refractivity contribution in [1.29, 1.82) is 0 Å². The monoisotopic (exact) mass is 217 g/mol. The fraction of sp³-hybridized carbons (Fsp3) is 0.417. The summed E-state index contributed by atoms with van der Waals surface area (Å²) in [6.45, 7) is 2.21. The smallest absolute Gasteiger partial charge is 0.201 e. The molecule has 2 aromatic rings. The highest BCUT2D eigenvalue weighted by Gasteiger charge is 2.41. The third-order valence-electron chi connectivity index (χ3n) is 3.41. The predicted molar refractivity (Wildman–Crippen MR) is 63.6 cm³/mol. The molecule has 0 amide bonds. The van der Waals surface area contributed by atoms with Crippen LogP contribution in [0.15, 0.2) is 18.2 Å². The lowest BCUT2D eigenvalue weighted by Gasteiger charge is -2.13. The first-order chi connectivity index (χ1) is 7.65. The molecule has 4 heteroatoms. The van der Waals surface area contributed by atoms with E-state index < -0.39 is 0 Å². The number of fused-ring (bicyclic) bond motifs is 1. The molecule has 3 rings (SSSR count). The summed E-state index contributed by atoms with van der Waals surface area (Å²) in [5.74, 6) is 1.37. The van der Waals surface area contributed by atoms with Crippen LogP contribution >= 0.6 is 0 Å². The highest BCUT2D eigenvalue weighted by Crippen LogP contribution is 2.46. The van der Waals surface area contributed by atoms with Crippen LogP contribution in [0.1, 0.15) is 19.8 Å². The van der Waals surface area contributed by atoms with Crippen molar-refractivity contribution in [2.75, 3.05) is 12.8 Å². The zero-order chi connectivity index (χ0) is 11.3. The number of benzene rings is 1. The van der Waals surface area contributed by atoms with Gasteiger partial charge in [-0.25, -0.2) is 4.98 Å². The molecule has 1 saturated carbocycles. The maximum atomic E-state index is 6.00. The number of para-hydroxylation sites is 1. The van der Waals surface area contributed by atoms with E-state index in [2.05, 4.69) is 16.5 Å². The first-order valence-corrected chi connectivity index (χ1v) is 5.47. The number of ether oxygens (including phenoxy) is 1. The minimum atomic E-state index is 0.158. The van der Waals surface area contributed by atoms with E-state index in [0.29, 0.717) is 5.95 Å². The van der Waals surface area contributed by atoms with E-state index in [1.54, 1.807) is 7.11 Å². The van der Waals surface area contributed by atoms with Crippen LogP contribution in [0.3, 0.4) is 0 Å². The summed E-state index contributed by atoms with van der Waals surface area (Å²) >= 11 is 0. The van der Waals surface area contributed by atoms with Gasteiger partial charge in [-0.15, -0.1) is 0 Å². The van der Waals surface area contributed by atoms with E-state index in [1.165, 1.54) is 12.8 Å². The van der Waals surface area contributed by atoms with Gasteiger partial charge in [0.15, 0.2) is 0 Å². The van der Waals surface area contributed by atoms with Gasteiger partial charge in [0.1, 0.15) is 11.3 Å². The number of hydrogen-bond donors (Lipinski definition) is 1. The molecule has 1 aromatic heterocycles. The van der Waals surface area contributed by atoms with Crippen molar-refractivity contribution in [1.82, 2.24) is 9.55 Å². The molecule has 2 N–H and O–H groups in total. The standard InChI is InChI=1S/C12H15N3O/c1-12(6-7-12)15-8-4-3-5-9(16-2)10(8)14-11(15)13/h3-5H,6-7H2,1-2H3,(H2,13,14). The van der Waals surface area contributed by atoms with Gasteiger partial charge in [0.2, 0.25) is 5.95 Å². The van der Waals surface area contributed by atoms with Crippen molar-refractivity contribution in [3.8, 4) is 5.75 Å². The van der Waals surface area contributed by atoms with Gasteiger partial charge in [0.25, 0.3) is 0 Å². The molecule has 0 saturated heterocycles. The molecule has 1 aliphatic rings. The summed E-state index contributed by atoms with van der Waals surface area (Å²) < 4.78 is 7.43. The fourth-order valence-corrected chi connectivity index (χ4v) is 2.23. The molecule has 0 spiro atoms. The lowest BCUT2D eigenvalue weighted by molar-refractivity contribution is 0.419. The number of nitrogen functional groups attached to an aromatic ring is 1. The van der Waals surface area contributed by atoms with Crippen LogP contribution < -0.4 is 10.5 Å². The van der Waals surface area contributed by atoms with E-state index >= 15 is 0 Å². The van der Waals surface area contributed by atoms with E-state index in [0.717, 1.165) is 16.8 Å². The Morgan fingerprint density at radius 2 is 2.19 bits per heavy atom. The average molecular weight is 217 g/mol. The zero-order valence-electron chi connectivity index (χ0n) is 9.53. The molecular formula is C12H15N3O. The summed E-state index contributed by atoms with van der Waals surface area (Å²) in [7, 11) is 1.66. The topological polar surface area (TPSA) is 53.1 Å². The minimum absolute atomic E-state index is 0.158. The van der Waals surface area contributed by atoms with E-state index in [1.807, 2.05) is 18.2 Å². The van der Waals surface area contributed by atoms with Gasteiger partial charge in [-0.2, -0.15) is 0 Å². The molecule has 0 bridgehead atoms. The van der Waals surface area contributed by atoms with Crippen LogP contribution in [0, 0.1) is 0 Å². The van der Waals surface area contributed by atoms with Gasteiger partial charge in [0, 0.05) is 5.54 Å². The molecule has 1 fully saturated rings. The average Bonchev–Trinajstić information content (AvgIpc) is 2.90. The molecule has 84 valence electrons. The van der Waals surface area contributed by atoms with Gasteiger partial charge < -0.3 is 15.0 Å². The van der Waals surface area contributed by atoms with Crippen LogP contribution in [0.4, 0.5) is 5.95 Å². The lowest BCUT2D eigenvalue weighted by Crippen LogP contribution is -2.14. The Hall–Kier alpha value is -1.71. The van der Waals surface area contributed by atoms with Gasteiger partial charge in [-0.3, -0.25) is 0 Å². The highest BCUT2D eigenvalue weighted by molar-refractivity contribution is 5.84. The summed E-state index contributed by atoms with van der Waals surface area (Å²) in [5.41, 5.74) is 8.08. The van der Waals surface area contributed by atoms with Crippen molar-refractivity contribution >= 4 is 17.0 Å². The second kappa shape index (κ2) is 2.90. The third-order valence-corrected chi connectivity index (χ3v) is 3.41. The number of imidazole rings is 1. The number of anilines is 1. The van der Waals surface area contributed by atoms with Crippen molar-refractivity contribution in [2.45, 2.75) is 25.3 Å². The Bertz CT molecular complexity index is 555. The predicted octanol–water partition coefficient (Wildman–Crippen LogP) is 2.14. The molecule has 1 heterocycles. The number of hydrogen-bond acceptors (Lipinski definition) is 3. The molecule has 0 aliphatic heterocycles. The van der Waals surface area contributed by atoms with Crippen LogP contribution in [0.2, 0.25) is 0 Å². The van der Waals surface area contributed by atoms with Crippen molar-refractivity contribution in [3.05, 3.63) is 18.2 Å². The van der Waals surface area contributed by atoms with Crippen LogP contribution in [-0.4, -0.2) is 16.7 Å². The zero-order valence-corrected chi connectivity index (χ0v) is 9.53. The van der Waals surface area contributed by atoms with Gasteiger partial charge in [0.05, 0.1) is 12.6 Å². The van der Waals surface area contributed by atoms with E-state index in [9.17, 15) is 0 Å². The minimum Gasteiger partial charge on any atom is -0.494 e. The summed E-state index contributed by atoms with van der Waals surface area (Å²) in [6.07, 6.45) is 2.33. The van der Waals surface area contributed by atoms with Gasteiger partial charge in [-0.05, 0) is 31.9 Å². The molecule has 0 unspecified atom stereocenters. The maximum Gasteiger partial charge on any atom is 0.201 e. The number of nitrogens with two attached hydrogens (primary N) is 1. The summed E-state index contributed by atoms with van der Waals surface area (Å²) in [4.78, 5) is 4.41. The van der Waals surface area contributed by atoms with Crippen LogP contribution in [0.25, 0.3) is 11.0 Å². The van der Waals surface area contributed by atoms with Gasteiger partial charge in [-0.1, -0.05) is 6.07 Å². The Balaban J connectivity index is 2.33. The summed E-state index contributed by atoms with van der Waals surface area (Å²) in [6, 6.07) is 5.93. The fourth-order valence-electron chi connectivity index (χ4n) is 2.23. The molecule has 4 nitrogen and oxygen atoms in total. The normalized spacial score (nSPS) is 17.6. The maximum absolute atomic E-state index is 6.00. The second-order valence-electron chi connectivity index (χ2n) is 4.63.